The van der Waals surface area contributed by atoms with Crippen LogP contribution in [0.1, 0.15) is 11.4 Å². The SMILES string of the molecule is C1=CC2=NC1=Cc1ccc([nH]1)SC1=NC(=Cc3ccc([nH]3)S2)C=C1. The molecule has 0 saturated heterocycles. The van der Waals surface area contributed by atoms with Gasteiger partial charge in [-0.25, -0.2) is 9.98 Å². The maximum atomic E-state index is 4.66. The van der Waals surface area contributed by atoms with Gasteiger partial charge < -0.3 is 9.97 Å². The summed E-state index contributed by atoms with van der Waals surface area (Å²) in [5.41, 5.74) is 3.99. The zero-order valence-corrected chi connectivity index (χ0v) is 14.1. The molecule has 3 aliphatic heterocycles. The second-order valence-corrected chi connectivity index (χ2v) is 7.59. The van der Waals surface area contributed by atoms with Gasteiger partial charge >= 0.3 is 0 Å². The number of allylic oxidation sites excluding steroid dienone is 2. The topological polar surface area (TPSA) is 56.3 Å². The normalized spacial score (nSPS) is 18.3. The van der Waals surface area contributed by atoms with Crippen molar-refractivity contribution in [1.29, 1.82) is 0 Å². The Morgan fingerprint density at radius 2 is 1.12 bits per heavy atom. The Morgan fingerprint density at radius 1 is 0.625 bits per heavy atom. The van der Waals surface area contributed by atoms with E-state index in [9.17, 15) is 0 Å². The van der Waals surface area contributed by atoms with Gasteiger partial charge in [0.25, 0.3) is 0 Å². The van der Waals surface area contributed by atoms with Crippen LogP contribution < -0.4 is 0 Å². The fourth-order valence-corrected chi connectivity index (χ4v) is 4.24. The molecule has 4 nitrogen and oxygen atoms in total. The minimum Gasteiger partial charge on any atom is -0.350 e. The highest BCUT2D eigenvalue weighted by atomic mass is 32.2. The zero-order valence-electron chi connectivity index (χ0n) is 12.5. The van der Waals surface area contributed by atoms with Crippen LogP contribution in [0.3, 0.4) is 0 Å². The monoisotopic (exact) mass is 348 g/mol. The van der Waals surface area contributed by atoms with Crippen LogP contribution in [0.15, 0.2) is 80.0 Å². The second kappa shape index (κ2) is 5.58. The third-order valence-electron chi connectivity index (χ3n) is 3.67. The summed E-state index contributed by atoms with van der Waals surface area (Å²) in [5, 5.41) is 4.11. The predicted octanol–water partition coefficient (Wildman–Crippen LogP) is 4.86. The van der Waals surface area contributed by atoms with Crippen molar-refractivity contribution in [2.75, 3.05) is 0 Å². The van der Waals surface area contributed by atoms with E-state index >= 15 is 0 Å². The molecule has 116 valence electrons. The van der Waals surface area contributed by atoms with Gasteiger partial charge in [-0.3, -0.25) is 0 Å². The lowest BCUT2D eigenvalue weighted by Crippen LogP contribution is -1.84. The summed E-state index contributed by atoms with van der Waals surface area (Å²) in [6, 6.07) is 8.27. The lowest BCUT2D eigenvalue weighted by Gasteiger charge is -1.97. The van der Waals surface area contributed by atoms with Crippen LogP contribution in [0.25, 0.3) is 12.2 Å². The lowest BCUT2D eigenvalue weighted by molar-refractivity contribution is 1.19. The van der Waals surface area contributed by atoms with E-state index in [4.69, 9.17) is 0 Å². The Morgan fingerprint density at radius 3 is 1.62 bits per heavy atom. The molecule has 2 aromatic heterocycles. The number of nitrogens with one attached hydrogen (secondary N) is 2. The lowest BCUT2D eigenvalue weighted by atomic mass is 10.3. The number of rotatable bonds is 0. The van der Waals surface area contributed by atoms with E-state index in [1.165, 1.54) is 0 Å². The van der Waals surface area contributed by atoms with Crippen molar-refractivity contribution in [3.8, 4) is 0 Å². The van der Waals surface area contributed by atoms with Gasteiger partial charge in [-0.15, -0.1) is 0 Å². The Kier molecular flexibility index (Phi) is 3.24. The van der Waals surface area contributed by atoms with Crippen LogP contribution in [0.4, 0.5) is 0 Å². The summed E-state index contributed by atoms with van der Waals surface area (Å²) in [4.78, 5) is 16.1. The molecule has 0 radical (unpaired) electrons. The van der Waals surface area contributed by atoms with Crippen molar-refractivity contribution in [3.05, 3.63) is 71.4 Å². The standard InChI is InChI=1S/C18H12N4S2/c1-5-15-19-11(1)9-12-2-6-17(20-12)24-18-8-4-14(22-18)10-13-3-7-16(21-13)23-15/h1-10,19,22H. The van der Waals surface area contributed by atoms with Crippen LogP contribution >= 0.6 is 23.5 Å². The van der Waals surface area contributed by atoms with Crippen LogP contribution in [-0.2, 0) is 0 Å². The number of aromatic nitrogens is 2. The molecular formula is C18H12N4S2. The molecule has 5 rings (SSSR count). The first-order valence-electron chi connectivity index (χ1n) is 7.51. The molecular weight excluding hydrogens is 336 g/mol. The molecule has 5 heterocycles. The highest BCUT2D eigenvalue weighted by Crippen LogP contribution is 2.29. The van der Waals surface area contributed by atoms with Crippen molar-refractivity contribution in [3.63, 3.8) is 0 Å². The molecule has 0 aliphatic carbocycles. The number of hydrogen-bond acceptors (Lipinski definition) is 4. The quantitative estimate of drug-likeness (QED) is 0.714. The summed E-state index contributed by atoms with van der Waals surface area (Å²) in [6.07, 6.45) is 12.3. The minimum atomic E-state index is 0.954. The molecule has 0 aromatic carbocycles. The summed E-state index contributed by atoms with van der Waals surface area (Å²) in [7, 11) is 0. The van der Waals surface area contributed by atoms with Gasteiger partial charge in [0.1, 0.15) is 10.1 Å². The summed E-state index contributed by atoms with van der Waals surface area (Å²) >= 11 is 3.26. The number of aliphatic imine (C=N–C) groups is 2. The number of nitrogens with zero attached hydrogens (tertiary/aromatic N) is 2. The number of thioether (sulfide) groups is 2. The molecule has 0 unspecified atom stereocenters. The van der Waals surface area contributed by atoms with E-state index in [-0.39, 0.29) is 0 Å². The van der Waals surface area contributed by atoms with E-state index in [1.807, 2.05) is 24.3 Å². The van der Waals surface area contributed by atoms with Crippen molar-refractivity contribution in [2.45, 2.75) is 10.1 Å². The fourth-order valence-electron chi connectivity index (χ4n) is 2.60. The number of fused-ring (bicyclic) bond motifs is 6. The van der Waals surface area contributed by atoms with E-state index in [0.717, 1.165) is 42.9 Å². The van der Waals surface area contributed by atoms with E-state index in [0.29, 0.717) is 0 Å². The van der Waals surface area contributed by atoms with Crippen molar-refractivity contribution in [1.82, 2.24) is 9.97 Å². The zero-order chi connectivity index (χ0) is 15.9. The second-order valence-electron chi connectivity index (χ2n) is 5.47. The van der Waals surface area contributed by atoms with Gasteiger partial charge in [-0.05, 0) is 60.7 Å². The van der Waals surface area contributed by atoms with Crippen molar-refractivity contribution in [2.24, 2.45) is 9.98 Å². The number of H-pyrrole nitrogens is 2. The highest BCUT2D eigenvalue weighted by molar-refractivity contribution is 8.14. The maximum absolute atomic E-state index is 4.66. The molecule has 0 amide bonds. The molecule has 0 atom stereocenters. The van der Waals surface area contributed by atoms with Gasteiger partial charge in [0, 0.05) is 11.4 Å². The van der Waals surface area contributed by atoms with Crippen molar-refractivity contribution >= 4 is 45.8 Å². The van der Waals surface area contributed by atoms with Crippen molar-refractivity contribution < 1.29 is 0 Å². The minimum absolute atomic E-state index is 0.954. The maximum Gasteiger partial charge on any atom is 0.103 e. The molecule has 2 aromatic rings. The molecule has 0 saturated carbocycles. The fraction of sp³-hybridized carbons (Fsp3) is 0. The number of aromatic amines is 2. The van der Waals surface area contributed by atoms with Gasteiger partial charge in [-0.1, -0.05) is 23.5 Å². The van der Waals surface area contributed by atoms with Crippen LogP contribution in [0.5, 0.6) is 0 Å². The van der Waals surface area contributed by atoms with E-state index < -0.39 is 0 Å². The van der Waals surface area contributed by atoms with Gasteiger partial charge in [-0.2, -0.15) is 0 Å². The molecule has 6 heteroatoms. The van der Waals surface area contributed by atoms with Crippen LogP contribution in [0.2, 0.25) is 0 Å². The third kappa shape index (κ3) is 2.74. The first-order chi connectivity index (χ1) is 11.8. The molecule has 3 aliphatic rings. The molecule has 24 heavy (non-hydrogen) atoms. The Labute approximate surface area is 147 Å². The highest BCUT2D eigenvalue weighted by Gasteiger charge is 2.11. The summed E-state index contributed by atoms with van der Waals surface area (Å²) < 4.78 is 0. The smallest absolute Gasteiger partial charge is 0.103 e. The summed E-state index contributed by atoms with van der Waals surface area (Å²) in [6.45, 7) is 0. The molecule has 0 spiro atoms. The van der Waals surface area contributed by atoms with Crippen LogP contribution in [0, 0.1) is 0 Å². The third-order valence-corrected chi connectivity index (χ3v) is 5.46. The predicted molar refractivity (Wildman–Crippen MR) is 102 cm³/mol. The average Bonchev–Trinajstić information content (AvgIpc) is 3.32. The first kappa shape index (κ1) is 13.9. The Hall–Kier alpha value is -2.44. The van der Waals surface area contributed by atoms with Gasteiger partial charge in [0.15, 0.2) is 0 Å². The van der Waals surface area contributed by atoms with E-state index in [2.05, 4.69) is 56.4 Å². The summed E-state index contributed by atoms with van der Waals surface area (Å²) in [5.74, 6) is 0. The van der Waals surface area contributed by atoms with E-state index in [1.54, 1.807) is 23.5 Å². The molecule has 8 bridgehead atoms. The average molecular weight is 348 g/mol. The van der Waals surface area contributed by atoms with Crippen LogP contribution in [-0.4, -0.2) is 20.1 Å². The number of hydrogen-bond donors (Lipinski definition) is 2. The first-order valence-corrected chi connectivity index (χ1v) is 9.14. The molecule has 0 fully saturated rings. The largest absolute Gasteiger partial charge is 0.350 e. The van der Waals surface area contributed by atoms with Gasteiger partial charge in [0.05, 0.1) is 21.4 Å². The van der Waals surface area contributed by atoms with Gasteiger partial charge in [0.2, 0.25) is 0 Å². The Bertz CT molecular complexity index is 929. The molecule has 2 N–H and O–H groups in total. The Balaban J connectivity index is 1.59.